The van der Waals surface area contributed by atoms with Crippen LogP contribution in [-0.2, 0) is 11.2 Å². The molecule has 0 unspecified atom stereocenters. The molecule has 176 valence electrons. The summed E-state index contributed by atoms with van der Waals surface area (Å²) in [7, 11) is 0. The molecule has 2 fully saturated rings. The average molecular weight is 525 g/mol. The van der Waals surface area contributed by atoms with Crippen molar-refractivity contribution in [3.63, 3.8) is 0 Å². The Kier molecular flexibility index (Phi) is 4.86. The highest BCUT2D eigenvalue weighted by molar-refractivity contribution is 9.10. The summed E-state index contributed by atoms with van der Waals surface area (Å²) in [5, 5.41) is 24.5. The maximum Gasteiger partial charge on any atom is 0.222 e. The Morgan fingerprint density at radius 1 is 1.21 bits per heavy atom. The van der Waals surface area contributed by atoms with E-state index in [1.807, 2.05) is 31.2 Å². The Hall–Kier alpha value is -2.79. The van der Waals surface area contributed by atoms with Gasteiger partial charge in [-0.15, -0.1) is 0 Å². The molecule has 0 radical (unpaired) electrons. The first-order chi connectivity index (χ1) is 16.2. The van der Waals surface area contributed by atoms with Gasteiger partial charge < -0.3 is 31.0 Å². The number of nitrogen functional groups attached to an aromatic ring is 2. The van der Waals surface area contributed by atoms with Gasteiger partial charge in [-0.3, -0.25) is 0 Å². The van der Waals surface area contributed by atoms with E-state index >= 15 is 0 Å². The van der Waals surface area contributed by atoms with Crippen molar-refractivity contribution < 1.29 is 14.9 Å². The van der Waals surface area contributed by atoms with Crippen LogP contribution in [0.15, 0.2) is 41.0 Å². The van der Waals surface area contributed by atoms with Crippen LogP contribution in [0.25, 0.3) is 21.9 Å². The predicted octanol–water partition coefficient (Wildman–Crippen LogP) is 2.86. The zero-order chi connectivity index (χ0) is 23.8. The fraction of sp³-hybridized carbons (Fsp3) is 0.375. The standard InChI is InChI=1S/C24H25BrN6O3/c1-11-15-5-7-31(21(15)30-23(27)28-11)22-18(32)24(33)6-4-14(19(24)34-22)8-12-2-3-13-10-16(25)20(26)29-17(13)9-12/h2-3,5,7,9-10,14,18-19,22,32-33H,4,6,8H2,1H3,(H2,26,29)(H2,27,28,30)/t14-,18-,19+,22+,24-/m0/s1. The van der Waals surface area contributed by atoms with Gasteiger partial charge in [-0.1, -0.05) is 12.1 Å². The molecule has 0 amide bonds. The van der Waals surface area contributed by atoms with Gasteiger partial charge in [0.1, 0.15) is 23.2 Å². The number of hydrogen-bond donors (Lipinski definition) is 4. The van der Waals surface area contributed by atoms with Crippen LogP contribution in [0.5, 0.6) is 0 Å². The molecule has 34 heavy (non-hydrogen) atoms. The number of aryl methyl sites for hydroxylation is 1. The monoisotopic (exact) mass is 524 g/mol. The fourth-order valence-electron chi connectivity index (χ4n) is 5.60. The molecule has 4 heterocycles. The number of aliphatic hydroxyl groups is 2. The van der Waals surface area contributed by atoms with Gasteiger partial charge in [0.25, 0.3) is 0 Å². The van der Waals surface area contributed by atoms with Crippen LogP contribution >= 0.6 is 15.9 Å². The first-order valence-corrected chi connectivity index (χ1v) is 12.0. The lowest BCUT2D eigenvalue weighted by atomic mass is 9.90. The van der Waals surface area contributed by atoms with Gasteiger partial charge >= 0.3 is 0 Å². The summed E-state index contributed by atoms with van der Waals surface area (Å²) in [6, 6.07) is 9.95. The minimum Gasteiger partial charge on any atom is -0.385 e. The number of anilines is 2. The van der Waals surface area contributed by atoms with Crippen LogP contribution in [0.2, 0.25) is 0 Å². The first kappa shape index (κ1) is 21.7. The predicted molar refractivity (Wildman–Crippen MR) is 132 cm³/mol. The lowest BCUT2D eigenvalue weighted by molar-refractivity contribution is -0.0675. The Balaban J connectivity index is 1.30. The highest BCUT2D eigenvalue weighted by Crippen LogP contribution is 2.50. The summed E-state index contributed by atoms with van der Waals surface area (Å²) < 4.78 is 8.88. The summed E-state index contributed by atoms with van der Waals surface area (Å²) in [6.07, 6.45) is 1.34. The van der Waals surface area contributed by atoms with Crippen molar-refractivity contribution in [2.75, 3.05) is 11.5 Å². The molecule has 3 aromatic heterocycles. The Morgan fingerprint density at radius 2 is 2.03 bits per heavy atom. The topological polar surface area (TPSA) is 145 Å². The molecular formula is C24H25BrN6O3. The van der Waals surface area contributed by atoms with Gasteiger partial charge in [-0.25, -0.2) is 9.97 Å². The van der Waals surface area contributed by atoms with E-state index in [0.29, 0.717) is 24.3 Å². The second kappa shape index (κ2) is 7.61. The van der Waals surface area contributed by atoms with Crippen LogP contribution in [0.4, 0.5) is 11.8 Å². The van der Waals surface area contributed by atoms with Crippen LogP contribution in [-0.4, -0.2) is 47.5 Å². The minimum absolute atomic E-state index is 0.0400. The molecule has 5 atom stereocenters. The van der Waals surface area contributed by atoms with Gasteiger partial charge in [0, 0.05) is 17.0 Å². The van der Waals surface area contributed by atoms with Crippen molar-refractivity contribution in [3.05, 3.63) is 52.3 Å². The SMILES string of the molecule is Cc1nc(N)nc2c1ccn2[C@@H]1O[C@@H]2[C@H](Cc3ccc4cc(Br)c(N)nc4c3)CC[C@]2(O)[C@H]1O. The lowest BCUT2D eigenvalue weighted by Gasteiger charge is -2.26. The van der Waals surface area contributed by atoms with E-state index in [-0.39, 0.29) is 11.9 Å². The summed E-state index contributed by atoms with van der Waals surface area (Å²) in [4.78, 5) is 13.0. The normalized spacial score (nSPS) is 28.7. The number of halogens is 1. The van der Waals surface area contributed by atoms with E-state index in [0.717, 1.165) is 38.4 Å². The second-order valence-electron chi connectivity index (χ2n) is 9.40. The quantitative estimate of drug-likeness (QED) is 0.320. The summed E-state index contributed by atoms with van der Waals surface area (Å²) in [5.41, 5.74) is 13.7. The lowest BCUT2D eigenvalue weighted by Crippen LogP contribution is -2.45. The molecule has 4 aromatic rings. The van der Waals surface area contributed by atoms with Gasteiger partial charge in [-0.05, 0) is 71.8 Å². The summed E-state index contributed by atoms with van der Waals surface area (Å²) in [5.74, 6) is 0.647. The molecule has 10 heteroatoms. The molecule has 6 N–H and O–H groups in total. The van der Waals surface area contributed by atoms with E-state index in [2.05, 4.69) is 36.9 Å². The zero-order valence-corrected chi connectivity index (χ0v) is 20.1. The smallest absolute Gasteiger partial charge is 0.222 e. The number of hydrogen-bond acceptors (Lipinski definition) is 8. The van der Waals surface area contributed by atoms with Gasteiger partial charge in [0.2, 0.25) is 5.95 Å². The fourth-order valence-corrected chi connectivity index (χ4v) is 5.94. The van der Waals surface area contributed by atoms with Gasteiger partial charge in [-0.2, -0.15) is 4.98 Å². The highest BCUT2D eigenvalue weighted by atomic mass is 79.9. The largest absolute Gasteiger partial charge is 0.385 e. The van der Waals surface area contributed by atoms with E-state index in [4.69, 9.17) is 16.2 Å². The van der Waals surface area contributed by atoms with E-state index in [9.17, 15) is 10.2 Å². The molecule has 6 rings (SSSR count). The van der Waals surface area contributed by atoms with Crippen molar-refractivity contribution in [3.8, 4) is 0 Å². The molecule has 2 aliphatic rings. The van der Waals surface area contributed by atoms with Crippen LogP contribution in [0, 0.1) is 12.8 Å². The number of pyridine rings is 1. The Bertz CT molecular complexity index is 1440. The third-order valence-corrected chi connectivity index (χ3v) is 7.95. The van der Waals surface area contributed by atoms with Crippen molar-refractivity contribution in [1.29, 1.82) is 0 Å². The number of aliphatic hydroxyl groups excluding tert-OH is 1. The van der Waals surface area contributed by atoms with Crippen LogP contribution in [0.1, 0.15) is 30.3 Å². The number of aromatic nitrogens is 4. The van der Waals surface area contributed by atoms with Crippen molar-refractivity contribution in [1.82, 2.24) is 19.5 Å². The summed E-state index contributed by atoms with van der Waals surface area (Å²) in [6.45, 7) is 1.86. The molecular weight excluding hydrogens is 500 g/mol. The Morgan fingerprint density at radius 3 is 2.85 bits per heavy atom. The number of fused-ring (bicyclic) bond motifs is 3. The molecule has 1 aromatic carbocycles. The molecule has 1 saturated heterocycles. The molecule has 9 nitrogen and oxygen atoms in total. The van der Waals surface area contributed by atoms with E-state index in [1.54, 1.807) is 10.8 Å². The maximum atomic E-state index is 11.5. The van der Waals surface area contributed by atoms with Crippen LogP contribution in [0.3, 0.4) is 0 Å². The number of rotatable bonds is 3. The van der Waals surface area contributed by atoms with Crippen LogP contribution < -0.4 is 11.5 Å². The third kappa shape index (κ3) is 3.20. The van der Waals surface area contributed by atoms with Crippen molar-refractivity contribution in [2.45, 2.75) is 50.2 Å². The summed E-state index contributed by atoms with van der Waals surface area (Å²) >= 11 is 3.42. The van der Waals surface area contributed by atoms with Gasteiger partial charge in [0.15, 0.2) is 6.23 Å². The zero-order valence-electron chi connectivity index (χ0n) is 18.5. The number of ether oxygens (including phenoxy) is 1. The average Bonchev–Trinajstić information content (AvgIpc) is 3.42. The molecule has 1 aliphatic heterocycles. The number of nitrogens with two attached hydrogens (primary N) is 2. The van der Waals surface area contributed by atoms with E-state index in [1.165, 1.54) is 0 Å². The minimum atomic E-state index is -1.33. The third-order valence-electron chi connectivity index (χ3n) is 7.32. The second-order valence-corrected chi connectivity index (χ2v) is 10.3. The molecule has 0 bridgehead atoms. The maximum absolute atomic E-state index is 11.5. The molecule has 1 aliphatic carbocycles. The van der Waals surface area contributed by atoms with Crippen molar-refractivity contribution in [2.24, 2.45) is 5.92 Å². The highest BCUT2D eigenvalue weighted by Gasteiger charge is 2.61. The van der Waals surface area contributed by atoms with E-state index < -0.39 is 24.0 Å². The van der Waals surface area contributed by atoms with Crippen molar-refractivity contribution >= 4 is 49.6 Å². The Labute approximate surface area is 203 Å². The first-order valence-electron chi connectivity index (χ1n) is 11.3. The number of nitrogens with zero attached hydrogens (tertiary/aromatic N) is 4. The number of benzene rings is 1. The molecule has 1 saturated carbocycles. The molecule has 0 spiro atoms. The van der Waals surface area contributed by atoms with Gasteiger partial charge in [0.05, 0.1) is 21.8 Å².